The van der Waals surface area contributed by atoms with E-state index in [1.165, 1.54) is 16.9 Å². The van der Waals surface area contributed by atoms with Crippen molar-refractivity contribution in [2.75, 3.05) is 23.7 Å². The number of nitrogens with zero attached hydrogens (tertiary/aromatic N) is 3. The number of aromatic nitrogens is 2. The molecule has 1 aliphatic heterocycles. The molecule has 0 radical (unpaired) electrons. The van der Waals surface area contributed by atoms with Crippen LogP contribution >= 0.6 is 11.3 Å². The number of hydrogen-bond acceptors (Lipinski definition) is 5. The minimum absolute atomic E-state index is 0.0812. The number of anilines is 2. The van der Waals surface area contributed by atoms with E-state index in [1.54, 1.807) is 0 Å². The van der Waals surface area contributed by atoms with Gasteiger partial charge in [-0.05, 0) is 49.1 Å². The molecule has 31 heavy (non-hydrogen) atoms. The lowest BCUT2D eigenvalue weighted by molar-refractivity contribution is 0.102. The van der Waals surface area contributed by atoms with Crippen LogP contribution in [0.25, 0.3) is 0 Å². The molecule has 0 saturated carbocycles. The van der Waals surface area contributed by atoms with Crippen LogP contribution in [0.15, 0.2) is 54.6 Å². The molecule has 1 saturated heterocycles. The predicted molar refractivity (Wildman–Crippen MR) is 123 cm³/mol. The zero-order valence-corrected chi connectivity index (χ0v) is 18.2. The molecule has 2 aromatic carbocycles. The van der Waals surface area contributed by atoms with Crippen LogP contribution in [0.4, 0.5) is 16.2 Å². The fraction of sp³-hybridized carbons (Fsp3) is 0.304. The Hall–Kier alpha value is -3.26. The molecular weight excluding hydrogens is 410 g/mol. The fourth-order valence-corrected chi connectivity index (χ4v) is 4.45. The summed E-state index contributed by atoms with van der Waals surface area (Å²) in [6.07, 6.45) is 2.77. The minimum Gasteiger partial charge on any atom is -0.324 e. The number of aryl methyl sites for hydroxylation is 1. The standard InChI is InChI=1S/C23H25N5O2S/c1-2-16-10-12-19(13-11-16)25-23(30)28-14-6-7-17(15-28)21-26-27-22(31-21)20(29)24-18-8-4-3-5-9-18/h3-5,8-13,17H,2,6-7,14-15H2,1H3,(H,24,29)(H,25,30). The van der Waals surface area contributed by atoms with Crippen LogP contribution in [0, 0.1) is 0 Å². The van der Waals surface area contributed by atoms with Gasteiger partial charge in [0.15, 0.2) is 0 Å². The summed E-state index contributed by atoms with van der Waals surface area (Å²) in [4.78, 5) is 27.0. The Morgan fingerprint density at radius 2 is 1.77 bits per heavy atom. The molecule has 1 unspecified atom stereocenters. The van der Waals surface area contributed by atoms with Crippen molar-refractivity contribution in [3.63, 3.8) is 0 Å². The number of piperidine rings is 1. The molecule has 2 N–H and O–H groups in total. The van der Waals surface area contributed by atoms with E-state index < -0.39 is 0 Å². The van der Waals surface area contributed by atoms with E-state index in [2.05, 4.69) is 27.8 Å². The molecule has 7 nitrogen and oxygen atoms in total. The van der Waals surface area contributed by atoms with Crippen molar-refractivity contribution in [1.82, 2.24) is 15.1 Å². The van der Waals surface area contributed by atoms with Crippen LogP contribution in [0.1, 0.15) is 46.1 Å². The van der Waals surface area contributed by atoms with Crippen LogP contribution in [0.5, 0.6) is 0 Å². The maximum Gasteiger partial charge on any atom is 0.321 e. The zero-order valence-electron chi connectivity index (χ0n) is 17.4. The lowest BCUT2D eigenvalue weighted by Gasteiger charge is -2.31. The van der Waals surface area contributed by atoms with Crippen molar-refractivity contribution >= 4 is 34.6 Å². The average molecular weight is 436 g/mol. The van der Waals surface area contributed by atoms with Crippen molar-refractivity contribution < 1.29 is 9.59 Å². The van der Waals surface area contributed by atoms with Gasteiger partial charge >= 0.3 is 6.03 Å². The Bertz CT molecular complexity index is 1040. The number of para-hydroxylation sites is 1. The third kappa shape index (κ3) is 5.27. The first-order chi connectivity index (χ1) is 15.1. The number of amides is 3. The lowest BCUT2D eigenvalue weighted by Crippen LogP contribution is -2.41. The Morgan fingerprint density at radius 1 is 1.03 bits per heavy atom. The first-order valence-corrected chi connectivity index (χ1v) is 11.3. The summed E-state index contributed by atoms with van der Waals surface area (Å²) in [6.45, 7) is 3.37. The van der Waals surface area contributed by atoms with E-state index in [0.29, 0.717) is 18.1 Å². The van der Waals surface area contributed by atoms with Crippen molar-refractivity contribution in [1.29, 1.82) is 0 Å². The molecule has 1 aromatic heterocycles. The molecule has 0 bridgehead atoms. The summed E-state index contributed by atoms with van der Waals surface area (Å²) < 4.78 is 0. The summed E-state index contributed by atoms with van der Waals surface area (Å²) in [5.74, 6) is -0.186. The van der Waals surface area contributed by atoms with Gasteiger partial charge in [-0.15, -0.1) is 10.2 Å². The summed E-state index contributed by atoms with van der Waals surface area (Å²) in [5.41, 5.74) is 2.75. The minimum atomic E-state index is -0.268. The highest BCUT2D eigenvalue weighted by Crippen LogP contribution is 2.29. The monoisotopic (exact) mass is 435 g/mol. The third-order valence-electron chi connectivity index (χ3n) is 5.34. The number of benzene rings is 2. The summed E-state index contributed by atoms with van der Waals surface area (Å²) >= 11 is 1.30. The number of likely N-dealkylation sites (tertiary alicyclic amines) is 1. The zero-order chi connectivity index (χ0) is 21.6. The van der Waals surface area contributed by atoms with Crippen LogP contribution in [0.2, 0.25) is 0 Å². The maximum atomic E-state index is 12.7. The van der Waals surface area contributed by atoms with Gasteiger partial charge in [-0.3, -0.25) is 4.79 Å². The summed E-state index contributed by atoms with van der Waals surface area (Å²) in [7, 11) is 0. The second kappa shape index (κ2) is 9.70. The highest BCUT2D eigenvalue weighted by Gasteiger charge is 2.28. The molecule has 1 fully saturated rings. The van der Waals surface area contributed by atoms with E-state index in [-0.39, 0.29) is 17.9 Å². The van der Waals surface area contributed by atoms with Gasteiger partial charge in [0.25, 0.3) is 5.91 Å². The SMILES string of the molecule is CCc1ccc(NC(=O)N2CCCC(c3nnc(C(=O)Nc4ccccc4)s3)C2)cc1. The van der Waals surface area contributed by atoms with Gasteiger partial charge in [-0.2, -0.15) is 0 Å². The van der Waals surface area contributed by atoms with Crippen LogP contribution in [0.3, 0.4) is 0 Å². The molecule has 3 amide bonds. The van der Waals surface area contributed by atoms with Crippen LogP contribution in [-0.4, -0.2) is 40.1 Å². The van der Waals surface area contributed by atoms with Crippen molar-refractivity contribution in [2.45, 2.75) is 32.1 Å². The Balaban J connectivity index is 1.37. The number of nitrogens with one attached hydrogen (secondary N) is 2. The van der Waals surface area contributed by atoms with E-state index >= 15 is 0 Å². The molecule has 0 aliphatic carbocycles. The molecule has 160 valence electrons. The first-order valence-electron chi connectivity index (χ1n) is 10.5. The maximum absolute atomic E-state index is 12.7. The van der Waals surface area contributed by atoms with Gasteiger partial charge < -0.3 is 15.5 Å². The molecule has 0 spiro atoms. The number of rotatable bonds is 5. The number of hydrogen-bond donors (Lipinski definition) is 2. The van der Waals surface area contributed by atoms with E-state index in [0.717, 1.165) is 35.6 Å². The lowest BCUT2D eigenvalue weighted by atomic mass is 9.99. The first kappa shape index (κ1) is 21.0. The molecular formula is C23H25N5O2S. The van der Waals surface area contributed by atoms with Gasteiger partial charge in [0.1, 0.15) is 5.01 Å². The van der Waals surface area contributed by atoms with Crippen LogP contribution in [-0.2, 0) is 6.42 Å². The van der Waals surface area contributed by atoms with Crippen molar-refractivity contribution in [3.05, 3.63) is 70.2 Å². The summed E-state index contributed by atoms with van der Waals surface area (Å²) in [5, 5.41) is 15.3. The molecule has 1 atom stereocenters. The molecule has 8 heteroatoms. The number of urea groups is 1. The molecule has 1 aliphatic rings. The Morgan fingerprint density at radius 3 is 2.52 bits per heavy atom. The van der Waals surface area contributed by atoms with E-state index in [1.807, 2.05) is 59.5 Å². The largest absolute Gasteiger partial charge is 0.324 e. The van der Waals surface area contributed by atoms with Crippen molar-refractivity contribution in [2.24, 2.45) is 0 Å². The normalized spacial score (nSPS) is 16.0. The molecule has 4 rings (SSSR count). The van der Waals surface area contributed by atoms with Crippen LogP contribution < -0.4 is 10.6 Å². The topological polar surface area (TPSA) is 87.2 Å². The Kier molecular flexibility index (Phi) is 6.57. The number of carbonyl (C=O) groups is 2. The second-order valence-electron chi connectivity index (χ2n) is 7.53. The van der Waals surface area contributed by atoms with E-state index in [4.69, 9.17) is 0 Å². The smallest absolute Gasteiger partial charge is 0.321 e. The summed E-state index contributed by atoms with van der Waals surface area (Å²) in [6, 6.07) is 17.1. The van der Waals surface area contributed by atoms with Crippen molar-refractivity contribution in [3.8, 4) is 0 Å². The highest BCUT2D eigenvalue weighted by molar-refractivity contribution is 7.13. The number of carbonyl (C=O) groups excluding carboxylic acids is 2. The third-order valence-corrected chi connectivity index (χ3v) is 6.42. The van der Waals surface area contributed by atoms with E-state index in [9.17, 15) is 9.59 Å². The highest BCUT2D eigenvalue weighted by atomic mass is 32.1. The molecule has 2 heterocycles. The van der Waals surface area contributed by atoms with Gasteiger partial charge in [-0.1, -0.05) is 48.6 Å². The Labute approximate surface area is 185 Å². The van der Waals surface area contributed by atoms with Gasteiger partial charge in [0, 0.05) is 30.4 Å². The molecule has 3 aromatic rings. The predicted octanol–water partition coefficient (Wildman–Crippen LogP) is 4.76. The van der Waals surface area contributed by atoms with Gasteiger partial charge in [0.2, 0.25) is 5.01 Å². The average Bonchev–Trinajstić information content (AvgIpc) is 3.31. The fourth-order valence-electron chi connectivity index (χ4n) is 3.59. The van der Waals surface area contributed by atoms with Gasteiger partial charge in [0.05, 0.1) is 0 Å². The van der Waals surface area contributed by atoms with Gasteiger partial charge in [-0.25, -0.2) is 4.79 Å². The second-order valence-corrected chi connectivity index (χ2v) is 8.54. The quantitative estimate of drug-likeness (QED) is 0.605.